The largest absolute Gasteiger partial charge is 0.350 e. The van der Waals surface area contributed by atoms with Crippen molar-refractivity contribution in [2.24, 2.45) is 0 Å². The molecule has 2 aliphatic heterocycles. The topological polar surface area (TPSA) is 43.1 Å². The van der Waals surface area contributed by atoms with E-state index in [1.165, 1.54) is 16.8 Å². The minimum atomic E-state index is -0.0813. The Balaban J connectivity index is 1.55. The molecule has 2 aliphatic rings. The first-order valence-corrected chi connectivity index (χ1v) is 10.0. The number of aromatic nitrogens is 3. The van der Waals surface area contributed by atoms with Gasteiger partial charge in [0.05, 0.1) is 23.6 Å². The maximum Gasteiger partial charge on any atom is 0.350 e. The lowest BCUT2D eigenvalue weighted by atomic mass is 10.1. The molecule has 0 N–H and O–H groups in total. The maximum absolute atomic E-state index is 13.4. The van der Waals surface area contributed by atoms with Gasteiger partial charge in [0.2, 0.25) is 0 Å². The molecule has 0 unspecified atom stereocenters. The van der Waals surface area contributed by atoms with Crippen LogP contribution in [0.3, 0.4) is 0 Å². The normalized spacial score (nSPS) is 13.6. The summed E-state index contributed by atoms with van der Waals surface area (Å²) in [5.74, 6) is 0.733. The summed E-state index contributed by atoms with van der Waals surface area (Å²) < 4.78 is 3.40. The Labute approximate surface area is 168 Å². The van der Waals surface area contributed by atoms with Gasteiger partial charge in [-0.05, 0) is 42.2 Å². The Morgan fingerprint density at radius 2 is 1.66 bits per heavy atom. The fourth-order valence-electron chi connectivity index (χ4n) is 4.58. The van der Waals surface area contributed by atoms with Crippen molar-refractivity contribution in [2.75, 3.05) is 11.4 Å². The van der Waals surface area contributed by atoms with E-state index in [1.54, 1.807) is 9.25 Å². The van der Waals surface area contributed by atoms with Crippen LogP contribution in [0.1, 0.15) is 11.1 Å². The zero-order valence-electron chi connectivity index (χ0n) is 16.0. The highest BCUT2D eigenvalue weighted by atomic mass is 16.2. The van der Waals surface area contributed by atoms with Crippen LogP contribution in [-0.2, 0) is 19.4 Å². The van der Waals surface area contributed by atoms with Crippen LogP contribution in [0.4, 0.5) is 11.4 Å². The summed E-state index contributed by atoms with van der Waals surface area (Å²) in [7, 11) is 0. The lowest BCUT2D eigenvalue weighted by molar-refractivity contribution is 0.589. The summed E-state index contributed by atoms with van der Waals surface area (Å²) in [6, 6.07) is 24.7. The van der Waals surface area contributed by atoms with Crippen LogP contribution in [0.5, 0.6) is 0 Å². The van der Waals surface area contributed by atoms with Gasteiger partial charge in [-0.25, -0.2) is 14.0 Å². The molecule has 6 rings (SSSR count). The van der Waals surface area contributed by atoms with Gasteiger partial charge in [-0.15, -0.1) is 5.10 Å². The van der Waals surface area contributed by atoms with Crippen LogP contribution < -0.4 is 10.6 Å². The molecule has 5 nitrogen and oxygen atoms in total. The van der Waals surface area contributed by atoms with Crippen molar-refractivity contribution in [3.63, 3.8) is 0 Å². The van der Waals surface area contributed by atoms with Gasteiger partial charge in [0, 0.05) is 12.1 Å². The molecule has 0 aliphatic carbocycles. The highest BCUT2D eigenvalue weighted by molar-refractivity contribution is 5.89. The zero-order valence-corrected chi connectivity index (χ0v) is 16.0. The van der Waals surface area contributed by atoms with Gasteiger partial charge in [-0.3, -0.25) is 0 Å². The number of aryl methyl sites for hydroxylation is 2. The second kappa shape index (κ2) is 6.21. The van der Waals surface area contributed by atoms with E-state index in [0.717, 1.165) is 42.1 Å². The van der Waals surface area contributed by atoms with Crippen LogP contribution >= 0.6 is 0 Å². The minimum absolute atomic E-state index is 0.0813. The first kappa shape index (κ1) is 16.4. The van der Waals surface area contributed by atoms with Gasteiger partial charge in [-0.2, -0.15) is 0 Å². The van der Waals surface area contributed by atoms with Gasteiger partial charge in [0.25, 0.3) is 0 Å². The molecule has 1 aromatic heterocycles. The Kier molecular flexibility index (Phi) is 3.50. The predicted octanol–water partition coefficient (Wildman–Crippen LogP) is 3.95. The van der Waals surface area contributed by atoms with E-state index in [1.807, 2.05) is 36.4 Å². The van der Waals surface area contributed by atoms with Gasteiger partial charge in [0.1, 0.15) is 0 Å². The zero-order chi connectivity index (χ0) is 19.4. The van der Waals surface area contributed by atoms with Crippen LogP contribution in [0.15, 0.2) is 77.6 Å². The van der Waals surface area contributed by atoms with E-state index in [0.29, 0.717) is 6.54 Å². The predicted molar refractivity (Wildman–Crippen MR) is 114 cm³/mol. The minimum Gasteiger partial charge on any atom is -0.339 e. The Morgan fingerprint density at radius 1 is 0.862 bits per heavy atom. The summed E-state index contributed by atoms with van der Waals surface area (Å²) in [5, 5.41) is 4.81. The Morgan fingerprint density at radius 3 is 2.52 bits per heavy atom. The number of nitrogens with zero attached hydrogens (tertiary/aromatic N) is 4. The number of fused-ring (bicyclic) bond motifs is 5. The third-order valence-electron chi connectivity index (χ3n) is 5.94. The summed E-state index contributed by atoms with van der Waals surface area (Å²) in [5.41, 5.74) is 6.64. The number of rotatable bonds is 3. The molecular weight excluding hydrogens is 360 g/mol. The molecule has 0 radical (unpaired) electrons. The summed E-state index contributed by atoms with van der Waals surface area (Å²) in [6.45, 7) is 1.49. The lowest BCUT2D eigenvalue weighted by Gasteiger charge is -2.21. The van der Waals surface area contributed by atoms with E-state index in [9.17, 15) is 4.79 Å². The molecule has 5 heteroatoms. The standard InChI is InChI=1S/C24H20N4O/c29-24-27(16-13-17-7-2-1-3-8-17)25-23-19-10-6-9-18-14-15-26(22(18)19)20-11-4-5-12-21(20)28(23)24/h1-12H,13-16H2. The van der Waals surface area contributed by atoms with Gasteiger partial charge in [-0.1, -0.05) is 54.6 Å². The summed E-state index contributed by atoms with van der Waals surface area (Å²) >= 11 is 0. The fraction of sp³-hybridized carbons (Fsp3) is 0.167. The van der Waals surface area contributed by atoms with E-state index in [4.69, 9.17) is 5.10 Å². The van der Waals surface area contributed by atoms with E-state index in [2.05, 4.69) is 41.3 Å². The molecule has 0 atom stereocenters. The Hall–Kier alpha value is -3.60. The quantitative estimate of drug-likeness (QED) is 0.540. The molecule has 29 heavy (non-hydrogen) atoms. The number of hydrogen-bond donors (Lipinski definition) is 0. The summed E-state index contributed by atoms with van der Waals surface area (Å²) in [4.78, 5) is 15.8. The van der Waals surface area contributed by atoms with E-state index >= 15 is 0 Å². The van der Waals surface area contributed by atoms with Crippen molar-refractivity contribution in [1.82, 2.24) is 14.3 Å². The lowest BCUT2D eigenvalue weighted by Crippen LogP contribution is -2.25. The molecule has 0 spiro atoms. The van der Waals surface area contributed by atoms with E-state index in [-0.39, 0.29) is 5.69 Å². The molecule has 0 bridgehead atoms. The van der Waals surface area contributed by atoms with Gasteiger partial charge >= 0.3 is 5.69 Å². The van der Waals surface area contributed by atoms with Crippen LogP contribution in [0.2, 0.25) is 0 Å². The van der Waals surface area contributed by atoms with Gasteiger partial charge < -0.3 is 4.90 Å². The second-order valence-corrected chi connectivity index (χ2v) is 7.60. The van der Waals surface area contributed by atoms with Crippen LogP contribution in [-0.4, -0.2) is 20.9 Å². The smallest absolute Gasteiger partial charge is 0.339 e. The van der Waals surface area contributed by atoms with Crippen LogP contribution in [0, 0.1) is 0 Å². The highest BCUT2D eigenvalue weighted by Gasteiger charge is 2.32. The average molecular weight is 380 g/mol. The number of benzene rings is 3. The molecule has 0 fully saturated rings. The Bertz CT molecular complexity index is 1290. The molecule has 0 saturated carbocycles. The third kappa shape index (κ3) is 2.40. The fourth-order valence-corrected chi connectivity index (χ4v) is 4.58. The molecule has 3 heterocycles. The first-order chi connectivity index (χ1) is 14.3. The molecule has 4 aromatic rings. The molecule has 142 valence electrons. The van der Waals surface area contributed by atoms with Crippen molar-refractivity contribution in [2.45, 2.75) is 19.4 Å². The highest BCUT2D eigenvalue weighted by Crippen LogP contribution is 2.46. The van der Waals surface area contributed by atoms with E-state index < -0.39 is 0 Å². The summed E-state index contributed by atoms with van der Waals surface area (Å²) in [6.07, 6.45) is 1.79. The average Bonchev–Trinajstić information content (AvgIpc) is 3.31. The molecule has 3 aromatic carbocycles. The number of hydrogen-bond acceptors (Lipinski definition) is 3. The van der Waals surface area contributed by atoms with Crippen molar-refractivity contribution < 1.29 is 0 Å². The molecule has 0 amide bonds. The van der Waals surface area contributed by atoms with Crippen molar-refractivity contribution in [3.05, 3.63) is 94.4 Å². The SMILES string of the molecule is O=c1n(CCc2ccccc2)nc2n1-c1ccccc1N1CCc3cccc-2c31. The first-order valence-electron chi connectivity index (χ1n) is 10.0. The van der Waals surface area contributed by atoms with Crippen molar-refractivity contribution >= 4 is 11.4 Å². The molecule has 0 saturated heterocycles. The number of anilines is 2. The van der Waals surface area contributed by atoms with Crippen molar-refractivity contribution in [1.29, 1.82) is 0 Å². The maximum atomic E-state index is 13.4. The second-order valence-electron chi connectivity index (χ2n) is 7.60. The monoisotopic (exact) mass is 380 g/mol. The van der Waals surface area contributed by atoms with Crippen molar-refractivity contribution in [3.8, 4) is 17.1 Å². The van der Waals surface area contributed by atoms with Gasteiger partial charge in [0.15, 0.2) is 5.82 Å². The number of para-hydroxylation sites is 3. The third-order valence-corrected chi connectivity index (χ3v) is 5.94. The van der Waals surface area contributed by atoms with Crippen LogP contribution in [0.25, 0.3) is 17.1 Å². The molecular formula is C24H20N4O.